The Balaban J connectivity index is 4.53. The maximum absolute atomic E-state index is 10.3. The maximum atomic E-state index is 10.3. The summed E-state index contributed by atoms with van der Waals surface area (Å²) in [5.41, 5.74) is 5.19. The van der Waals surface area contributed by atoms with E-state index in [1.165, 1.54) is 0 Å². The Hall–Kier alpha value is -1.22. The van der Waals surface area contributed by atoms with Crippen LogP contribution in [0.3, 0.4) is 0 Å². The third-order valence-electron chi connectivity index (χ3n) is 1.89. The average Bonchev–Trinajstić information content (AvgIpc) is 1.98. The molecular formula is C7H14N2O6. The summed E-state index contributed by atoms with van der Waals surface area (Å²) in [6, 6.07) is 0. The predicted octanol–water partition coefficient (Wildman–Crippen LogP) is -2.38. The average molecular weight is 222 g/mol. The molecule has 0 fully saturated rings. The van der Waals surface area contributed by atoms with Gasteiger partial charge < -0.3 is 26.2 Å². The summed E-state index contributed by atoms with van der Waals surface area (Å²) in [4.78, 5) is 20.5. The second-order valence-corrected chi connectivity index (χ2v) is 3.31. The molecule has 88 valence electrons. The normalized spacial score (nSPS) is 18.9. The number of carboxylic acids is 2. The van der Waals surface area contributed by atoms with Gasteiger partial charge >= 0.3 is 11.9 Å². The molecule has 0 aliphatic rings. The lowest BCUT2D eigenvalue weighted by atomic mass is 9.93. The molecule has 0 rings (SSSR count). The first-order chi connectivity index (χ1) is 6.58. The predicted molar refractivity (Wildman–Crippen MR) is 47.4 cm³/mol. The number of carbonyl (C=O) groups is 2. The van der Waals surface area contributed by atoms with Gasteiger partial charge in [0.15, 0.2) is 11.4 Å². The number of carboxylic acid groups (broad SMARTS) is 2. The van der Waals surface area contributed by atoms with Crippen LogP contribution in [0.2, 0.25) is 0 Å². The minimum atomic E-state index is -2.58. The third-order valence-corrected chi connectivity index (χ3v) is 1.89. The van der Waals surface area contributed by atoms with E-state index in [2.05, 4.69) is 0 Å². The zero-order valence-corrected chi connectivity index (χ0v) is 7.88. The van der Waals surface area contributed by atoms with Gasteiger partial charge in [-0.2, -0.15) is 0 Å². The zero-order valence-electron chi connectivity index (χ0n) is 7.88. The van der Waals surface area contributed by atoms with Gasteiger partial charge in [-0.25, -0.2) is 0 Å². The maximum Gasteiger partial charge on any atom is 0.307 e. The molecule has 0 saturated heterocycles. The van der Waals surface area contributed by atoms with Crippen LogP contribution in [0.1, 0.15) is 19.3 Å². The highest BCUT2D eigenvalue weighted by molar-refractivity contribution is 5.68. The largest absolute Gasteiger partial charge is 0.481 e. The van der Waals surface area contributed by atoms with Crippen molar-refractivity contribution in [3.05, 3.63) is 0 Å². The van der Waals surface area contributed by atoms with Crippen LogP contribution >= 0.6 is 0 Å². The van der Waals surface area contributed by atoms with Crippen molar-refractivity contribution in [1.82, 2.24) is 0 Å². The summed E-state index contributed by atoms with van der Waals surface area (Å²) in [5, 5.41) is 35.5. The van der Waals surface area contributed by atoms with Crippen LogP contribution in [-0.2, 0) is 9.59 Å². The summed E-state index contributed by atoms with van der Waals surface area (Å²) in [6.45, 7) is 0. The van der Waals surface area contributed by atoms with E-state index in [-0.39, 0.29) is 0 Å². The fourth-order valence-electron chi connectivity index (χ4n) is 0.898. The minimum Gasteiger partial charge on any atom is -0.481 e. The lowest BCUT2D eigenvalue weighted by Gasteiger charge is -2.36. The van der Waals surface area contributed by atoms with Crippen molar-refractivity contribution in [1.29, 1.82) is 0 Å². The van der Waals surface area contributed by atoms with Gasteiger partial charge in [0, 0.05) is 12.8 Å². The minimum absolute atomic E-state index is 0.536. The van der Waals surface area contributed by atoms with Crippen LogP contribution < -0.4 is 11.5 Å². The third kappa shape index (κ3) is 4.21. The van der Waals surface area contributed by atoms with Crippen LogP contribution in [0.4, 0.5) is 0 Å². The first-order valence-corrected chi connectivity index (χ1v) is 4.04. The van der Waals surface area contributed by atoms with Gasteiger partial charge in [0.25, 0.3) is 0 Å². The van der Waals surface area contributed by atoms with E-state index in [1.54, 1.807) is 0 Å². The van der Waals surface area contributed by atoms with Gasteiger partial charge in [0.2, 0.25) is 0 Å². The second-order valence-electron chi connectivity index (χ2n) is 3.31. The molecule has 0 aliphatic carbocycles. The molecule has 2 atom stereocenters. The molecule has 0 spiro atoms. The molecule has 8 heteroatoms. The molecule has 0 aliphatic heterocycles. The Morgan fingerprint density at radius 1 is 1.00 bits per heavy atom. The van der Waals surface area contributed by atoms with Crippen molar-refractivity contribution in [3.63, 3.8) is 0 Å². The van der Waals surface area contributed by atoms with Gasteiger partial charge in [-0.3, -0.25) is 15.3 Å². The highest BCUT2D eigenvalue weighted by Gasteiger charge is 2.45. The lowest BCUT2D eigenvalue weighted by molar-refractivity contribution is -0.173. The summed E-state index contributed by atoms with van der Waals surface area (Å²) >= 11 is 0. The quantitative estimate of drug-likeness (QED) is 0.271. The van der Waals surface area contributed by atoms with Gasteiger partial charge in [0.05, 0.1) is 6.42 Å². The highest BCUT2D eigenvalue weighted by Crippen LogP contribution is 2.20. The van der Waals surface area contributed by atoms with Crippen molar-refractivity contribution in [3.8, 4) is 0 Å². The fourth-order valence-corrected chi connectivity index (χ4v) is 0.898. The van der Waals surface area contributed by atoms with Crippen molar-refractivity contribution in [2.75, 3.05) is 0 Å². The standard InChI is InChI=1S/C7H14N2O6/c8-6(14,2-1-4(10)11)7(9,15)3-5(12)13/h14-15H,1-3,8-9H2,(H,10,11)(H,12,13). The molecule has 0 radical (unpaired) electrons. The molecule has 2 unspecified atom stereocenters. The first kappa shape index (κ1) is 13.8. The highest BCUT2D eigenvalue weighted by atomic mass is 16.4. The Bertz CT molecular complexity index is 262. The number of rotatable bonds is 6. The Kier molecular flexibility index (Phi) is 4.16. The molecule has 0 aromatic rings. The summed E-state index contributed by atoms with van der Waals surface area (Å²) in [5.74, 6) is -2.70. The fraction of sp³-hybridized carbons (Fsp3) is 0.714. The van der Waals surface area contributed by atoms with Gasteiger partial charge in [-0.1, -0.05) is 0 Å². The molecule has 0 heterocycles. The molecule has 8 nitrogen and oxygen atoms in total. The van der Waals surface area contributed by atoms with E-state index >= 15 is 0 Å². The number of aliphatic carboxylic acids is 2. The Morgan fingerprint density at radius 3 is 1.80 bits per heavy atom. The van der Waals surface area contributed by atoms with Crippen LogP contribution in [0.5, 0.6) is 0 Å². The molecule has 0 bridgehead atoms. The van der Waals surface area contributed by atoms with Crippen LogP contribution in [-0.4, -0.2) is 43.8 Å². The molecule has 8 N–H and O–H groups in total. The van der Waals surface area contributed by atoms with Crippen molar-refractivity contribution in [2.45, 2.75) is 30.7 Å². The Morgan fingerprint density at radius 2 is 1.47 bits per heavy atom. The van der Waals surface area contributed by atoms with Crippen LogP contribution in [0.15, 0.2) is 0 Å². The van der Waals surface area contributed by atoms with E-state index in [0.29, 0.717) is 0 Å². The number of aliphatic hydroxyl groups is 2. The topological polar surface area (TPSA) is 167 Å². The SMILES string of the molecule is NC(O)(CCC(=O)O)C(N)(O)CC(=O)O. The molecule has 0 aromatic heterocycles. The summed E-state index contributed by atoms with van der Waals surface area (Å²) < 4.78 is 0. The molecule has 0 amide bonds. The van der Waals surface area contributed by atoms with E-state index in [4.69, 9.17) is 21.7 Å². The van der Waals surface area contributed by atoms with E-state index in [0.717, 1.165) is 0 Å². The van der Waals surface area contributed by atoms with Crippen molar-refractivity contribution >= 4 is 11.9 Å². The molecule has 0 saturated carbocycles. The monoisotopic (exact) mass is 222 g/mol. The van der Waals surface area contributed by atoms with E-state index < -0.39 is 42.7 Å². The summed E-state index contributed by atoms with van der Waals surface area (Å²) in [7, 11) is 0. The Labute approximate surface area is 85.1 Å². The number of hydrogen-bond donors (Lipinski definition) is 6. The first-order valence-electron chi connectivity index (χ1n) is 4.04. The molecule has 15 heavy (non-hydrogen) atoms. The van der Waals surface area contributed by atoms with Gasteiger partial charge in [0.1, 0.15) is 0 Å². The van der Waals surface area contributed by atoms with Crippen LogP contribution in [0.25, 0.3) is 0 Å². The van der Waals surface area contributed by atoms with E-state index in [9.17, 15) is 19.8 Å². The second kappa shape index (κ2) is 4.53. The molecule has 0 aromatic carbocycles. The van der Waals surface area contributed by atoms with Crippen molar-refractivity contribution < 1.29 is 30.0 Å². The lowest BCUT2D eigenvalue weighted by Crippen LogP contribution is -2.67. The molecular weight excluding hydrogens is 208 g/mol. The smallest absolute Gasteiger partial charge is 0.307 e. The van der Waals surface area contributed by atoms with Gasteiger partial charge in [-0.15, -0.1) is 0 Å². The zero-order chi connectivity index (χ0) is 12.3. The number of hydrogen-bond acceptors (Lipinski definition) is 6. The number of nitrogens with two attached hydrogens (primary N) is 2. The van der Waals surface area contributed by atoms with Crippen LogP contribution in [0, 0.1) is 0 Å². The van der Waals surface area contributed by atoms with Gasteiger partial charge in [-0.05, 0) is 0 Å². The van der Waals surface area contributed by atoms with E-state index in [1.807, 2.05) is 0 Å². The van der Waals surface area contributed by atoms with Crippen molar-refractivity contribution in [2.24, 2.45) is 11.5 Å². The summed E-state index contributed by atoms with van der Waals surface area (Å²) in [6.07, 6.45) is -2.08.